The second kappa shape index (κ2) is 4.50. The van der Waals surface area contributed by atoms with E-state index in [-0.39, 0.29) is 5.38 Å². The predicted molar refractivity (Wildman–Crippen MR) is 67.4 cm³/mol. The molecule has 0 nitrogen and oxygen atoms in total. The summed E-state index contributed by atoms with van der Waals surface area (Å²) in [5.41, 5.74) is 1.15. The number of alkyl halides is 1. The average Bonchev–Trinajstić information content (AvgIpc) is 2.29. The lowest BCUT2D eigenvalue weighted by molar-refractivity contribution is 1.21. The van der Waals surface area contributed by atoms with Crippen LogP contribution in [-0.2, 0) is 0 Å². The number of benzene rings is 2. The Hall–Kier alpha value is -1.27. The minimum Gasteiger partial charge on any atom is -0.113 e. The minimum absolute atomic E-state index is 0.0281. The van der Waals surface area contributed by atoms with Crippen molar-refractivity contribution in [3.8, 4) is 0 Å². The predicted octanol–water partition coefficient (Wildman–Crippen LogP) is 4.70. The maximum atomic E-state index is 6.22. The molecule has 0 aromatic heterocycles. The van der Waals surface area contributed by atoms with Crippen LogP contribution in [-0.4, -0.2) is 0 Å². The van der Waals surface area contributed by atoms with E-state index in [1.807, 2.05) is 31.2 Å². The van der Waals surface area contributed by atoms with Crippen LogP contribution in [0.2, 0.25) is 0 Å². The van der Waals surface area contributed by atoms with Crippen LogP contribution in [0.25, 0.3) is 10.8 Å². The second-order valence-corrected chi connectivity index (χ2v) is 4.00. The van der Waals surface area contributed by atoms with Crippen molar-refractivity contribution in [2.24, 2.45) is 0 Å². The zero-order valence-electron chi connectivity index (χ0n) is 8.65. The van der Waals surface area contributed by atoms with Crippen molar-refractivity contribution in [3.63, 3.8) is 0 Å². The van der Waals surface area contributed by atoms with Crippen molar-refractivity contribution < 1.29 is 0 Å². The summed E-state index contributed by atoms with van der Waals surface area (Å²) in [4.78, 5) is 0. The van der Waals surface area contributed by atoms with Gasteiger partial charge in [0.25, 0.3) is 0 Å². The number of fused-ring (bicyclic) bond motifs is 1. The quantitative estimate of drug-likeness (QED) is 0.505. The molecule has 0 saturated carbocycles. The molecule has 0 aliphatic rings. The molecule has 0 saturated heterocycles. The number of hydrogen-bond acceptors (Lipinski definition) is 0. The van der Waals surface area contributed by atoms with E-state index < -0.39 is 0 Å². The average molecular weight is 217 g/mol. The molecule has 1 atom stereocenters. The van der Waals surface area contributed by atoms with E-state index >= 15 is 0 Å². The topological polar surface area (TPSA) is 0 Å². The summed E-state index contributed by atoms with van der Waals surface area (Å²) in [5, 5.41) is 2.47. The number of hydrogen-bond donors (Lipinski definition) is 0. The van der Waals surface area contributed by atoms with E-state index in [9.17, 15) is 0 Å². The van der Waals surface area contributed by atoms with E-state index in [1.165, 1.54) is 10.8 Å². The fourth-order valence-electron chi connectivity index (χ4n) is 1.66. The molecule has 1 unspecified atom stereocenters. The lowest BCUT2D eigenvalue weighted by atomic mass is 10.0. The molecular formula is C14H13Cl. The van der Waals surface area contributed by atoms with Crippen LogP contribution >= 0.6 is 11.6 Å². The summed E-state index contributed by atoms with van der Waals surface area (Å²) in [7, 11) is 0. The fourth-order valence-corrected chi connectivity index (χ4v) is 1.94. The largest absolute Gasteiger partial charge is 0.113 e. The Labute approximate surface area is 95.2 Å². The smallest absolute Gasteiger partial charge is 0.0766 e. The molecule has 1 heteroatoms. The highest BCUT2D eigenvalue weighted by Gasteiger charge is 2.03. The van der Waals surface area contributed by atoms with Crippen LogP contribution in [0.15, 0.2) is 54.6 Å². The molecule has 2 aromatic rings. The van der Waals surface area contributed by atoms with Gasteiger partial charge in [0.2, 0.25) is 0 Å². The first kappa shape index (κ1) is 10.3. The van der Waals surface area contributed by atoms with Crippen LogP contribution < -0.4 is 0 Å². The monoisotopic (exact) mass is 216 g/mol. The molecule has 2 aromatic carbocycles. The lowest BCUT2D eigenvalue weighted by Gasteiger charge is -2.06. The zero-order chi connectivity index (χ0) is 10.7. The Kier molecular flexibility index (Phi) is 3.08. The van der Waals surface area contributed by atoms with E-state index in [1.54, 1.807) is 0 Å². The van der Waals surface area contributed by atoms with Gasteiger partial charge in [-0.15, -0.1) is 11.6 Å². The van der Waals surface area contributed by atoms with Gasteiger partial charge in [-0.2, -0.15) is 0 Å². The van der Waals surface area contributed by atoms with Crippen LogP contribution in [0, 0.1) is 0 Å². The highest BCUT2D eigenvalue weighted by molar-refractivity contribution is 6.22. The number of allylic oxidation sites excluding steroid dienone is 2. The summed E-state index contributed by atoms with van der Waals surface area (Å²) in [6.45, 7) is 1.98. The fraction of sp³-hybridized carbons (Fsp3) is 0.143. The van der Waals surface area contributed by atoms with Crippen molar-refractivity contribution in [1.29, 1.82) is 0 Å². The summed E-state index contributed by atoms with van der Waals surface area (Å²) >= 11 is 6.22. The molecule has 0 radical (unpaired) electrons. The highest BCUT2D eigenvalue weighted by Crippen LogP contribution is 2.25. The molecule has 0 spiro atoms. The standard InChI is InChI=1S/C14H13Cl/c1-2-5-14(15)13-9-8-11-6-3-4-7-12(11)10-13/h2-10,14H,1H3/b5-2+. The minimum atomic E-state index is -0.0281. The maximum Gasteiger partial charge on any atom is 0.0766 e. The first-order valence-corrected chi connectivity index (χ1v) is 5.50. The van der Waals surface area contributed by atoms with Gasteiger partial charge in [0, 0.05) is 0 Å². The molecule has 0 N–H and O–H groups in total. The van der Waals surface area contributed by atoms with Gasteiger partial charge in [0.1, 0.15) is 0 Å². The van der Waals surface area contributed by atoms with Gasteiger partial charge in [0.15, 0.2) is 0 Å². The summed E-state index contributed by atoms with van der Waals surface area (Å²) < 4.78 is 0. The van der Waals surface area contributed by atoms with E-state index in [4.69, 9.17) is 11.6 Å². The Bertz CT molecular complexity index is 485. The van der Waals surface area contributed by atoms with E-state index in [0.29, 0.717) is 0 Å². The van der Waals surface area contributed by atoms with Gasteiger partial charge in [-0.3, -0.25) is 0 Å². The Morgan fingerprint density at radius 2 is 1.80 bits per heavy atom. The molecule has 0 aliphatic carbocycles. The third-order valence-electron chi connectivity index (χ3n) is 2.45. The first-order chi connectivity index (χ1) is 7.31. The van der Waals surface area contributed by atoms with Crippen molar-refractivity contribution in [2.45, 2.75) is 12.3 Å². The third-order valence-corrected chi connectivity index (χ3v) is 2.85. The summed E-state index contributed by atoms with van der Waals surface area (Å²) in [5.74, 6) is 0. The van der Waals surface area contributed by atoms with Gasteiger partial charge in [0.05, 0.1) is 5.38 Å². The maximum absolute atomic E-state index is 6.22. The van der Waals surface area contributed by atoms with Crippen molar-refractivity contribution in [3.05, 3.63) is 60.2 Å². The van der Waals surface area contributed by atoms with Gasteiger partial charge >= 0.3 is 0 Å². The highest BCUT2D eigenvalue weighted by atomic mass is 35.5. The lowest BCUT2D eigenvalue weighted by Crippen LogP contribution is -1.85. The Morgan fingerprint density at radius 3 is 2.53 bits per heavy atom. The molecule has 15 heavy (non-hydrogen) atoms. The molecule has 0 amide bonds. The van der Waals surface area contributed by atoms with Crippen LogP contribution in [0.4, 0.5) is 0 Å². The third kappa shape index (κ3) is 2.21. The van der Waals surface area contributed by atoms with Gasteiger partial charge < -0.3 is 0 Å². The van der Waals surface area contributed by atoms with Crippen molar-refractivity contribution in [2.75, 3.05) is 0 Å². The van der Waals surface area contributed by atoms with Crippen LogP contribution in [0.5, 0.6) is 0 Å². The molecule has 0 aliphatic heterocycles. The summed E-state index contributed by atoms with van der Waals surface area (Å²) in [6, 6.07) is 14.7. The summed E-state index contributed by atoms with van der Waals surface area (Å²) in [6.07, 6.45) is 3.97. The first-order valence-electron chi connectivity index (χ1n) is 5.07. The van der Waals surface area contributed by atoms with E-state index in [0.717, 1.165) is 5.56 Å². The molecule has 2 rings (SSSR count). The molecule has 0 fully saturated rings. The van der Waals surface area contributed by atoms with Crippen molar-refractivity contribution >= 4 is 22.4 Å². The Balaban J connectivity index is 2.46. The normalized spacial score (nSPS) is 13.5. The van der Waals surface area contributed by atoms with Gasteiger partial charge in [-0.25, -0.2) is 0 Å². The number of rotatable bonds is 2. The number of halogens is 1. The van der Waals surface area contributed by atoms with Crippen molar-refractivity contribution in [1.82, 2.24) is 0 Å². The van der Waals surface area contributed by atoms with Crippen LogP contribution in [0.1, 0.15) is 17.9 Å². The zero-order valence-corrected chi connectivity index (χ0v) is 9.41. The van der Waals surface area contributed by atoms with E-state index in [2.05, 4.69) is 30.3 Å². The molecule has 0 heterocycles. The molecule has 0 bridgehead atoms. The molecular weight excluding hydrogens is 204 g/mol. The van der Waals surface area contributed by atoms with Gasteiger partial charge in [-0.05, 0) is 29.3 Å². The second-order valence-electron chi connectivity index (χ2n) is 3.53. The van der Waals surface area contributed by atoms with Crippen LogP contribution in [0.3, 0.4) is 0 Å². The SMILES string of the molecule is C/C=C/C(Cl)c1ccc2ccccc2c1. The molecule has 76 valence electrons. The Morgan fingerprint density at radius 1 is 1.07 bits per heavy atom. The van der Waals surface area contributed by atoms with Gasteiger partial charge in [-0.1, -0.05) is 48.6 Å².